The van der Waals surface area contributed by atoms with Gasteiger partial charge in [0.2, 0.25) is 5.69 Å². The lowest BCUT2D eigenvalue weighted by Crippen LogP contribution is -2.07. The van der Waals surface area contributed by atoms with Crippen LogP contribution in [0.1, 0.15) is 28.2 Å². The summed E-state index contributed by atoms with van der Waals surface area (Å²) in [5.41, 5.74) is -2.60. The second-order valence-corrected chi connectivity index (χ2v) is 3.22. The molecule has 0 atom stereocenters. The number of carbonyl (C=O) groups excluding carboxylic acids is 1. The quantitative estimate of drug-likeness (QED) is 0.469. The van der Waals surface area contributed by atoms with Crippen molar-refractivity contribution in [1.29, 1.82) is 0 Å². The van der Waals surface area contributed by atoms with Crippen LogP contribution in [0, 0.1) is 17.0 Å². The number of aryl methyl sites for hydroxylation is 1. The molecule has 0 radical (unpaired) electrons. The minimum absolute atomic E-state index is 0.0601. The number of carbonyl (C=O) groups is 1. The van der Waals surface area contributed by atoms with Gasteiger partial charge in [-0.25, -0.2) is 13.8 Å². The molecule has 1 aromatic rings. The van der Waals surface area contributed by atoms with Crippen LogP contribution < -0.4 is 0 Å². The van der Waals surface area contributed by atoms with E-state index in [9.17, 15) is 23.7 Å². The van der Waals surface area contributed by atoms with E-state index in [1.165, 1.54) is 6.92 Å². The smallest absolute Gasteiger partial charge is 0.274 e. The zero-order valence-corrected chi connectivity index (χ0v) is 8.66. The largest absolute Gasteiger partial charge is 0.308 e. The molecule has 16 heavy (non-hydrogen) atoms. The summed E-state index contributed by atoms with van der Waals surface area (Å²) in [4.78, 5) is 23.8. The molecule has 0 aliphatic rings. The predicted octanol–water partition coefficient (Wildman–Crippen LogP) is 2.61. The van der Waals surface area contributed by atoms with Crippen molar-refractivity contribution in [2.24, 2.45) is 0 Å². The highest BCUT2D eigenvalue weighted by atomic mass is 35.5. The molecule has 0 aromatic carbocycles. The van der Waals surface area contributed by atoms with E-state index in [-0.39, 0.29) is 5.69 Å². The van der Waals surface area contributed by atoms with Crippen molar-refractivity contribution in [1.82, 2.24) is 4.98 Å². The van der Waals surface area contributed by atoms with Gasteiger partial charge in [0.15, 0.2) is 0 Å². The maximum atomic E-state index is 12.5. The fourth-order valence-electron chi connectivity index (χ4n) is 1.19. The number of rotatable bonds is 3. The Balaban J connectivity index is 3.60. The van der Waals surface area contributed by atoms with Crippen LogP contribution in [0.15, 0.2) is 6.07 Å². The van der Waals surface area contributed by atoms with Gasteiger partial charge in [0, 0.05) is 5.69 Å². The molecule has 0 spiro atoms. The molecule has 5 nitrogen and oxygen atoms in total. The molecule has 0 saturated carbocycles. The molecule has 0 N–H and O–H groups in total. The lowest BCUT2D eigenvalue weighted by molar-refractivity contribution is -0.386. The van der Waals surface area contributed by atoms with Gasteiger partial charge in [0.1, 0.15) is 0 Å². The number of halogens is 3. The first-order valence-electron chi connectivity index (χ1n) is 3.98. The summed E-state index contributed by atoms with van der Waals surface area (Å²) >= 11 is 5.05. The molecule has 0 amide bonds. The summed E-state index contributed by atoms with van der Waals surface area (Å²) in [6, 6.07) is 0.853. The van der Waals surface area contributed by atoms with Gasteiger partial charge in [-0.2, -0.15) is 0 Å². The maximum absolute atomic E-state index is 12.5. The molecule has 1 aromatic heterocycles. The van der Waals surface area contributed by atoms with Gasteiger partial charge in [0.25, 0.3) is 11.7 Å². The van der Waals surface area contributed by atoms with Crippen LogP contribution in [-0.2, 0) is 0 Å². The van der Waals surface area contributed by atoms with Gasteiger partial charge in [-0.15, -0.1) is 0 Å². The highest BCUT2D eigenvalue weighted by Gasteiger charge is 2.30. The minimum Gasteiger partial charge on any atom is -0.274 e. The predicted molar refractivity (Wildman–Crippen MR) is 50.8 cm³/mol. The second-order valence-electron chi connectivity index (χ2n) is 2.88. The summed E-state index contributed by atoms with van der Waals surface area (Å²) in [6.45, 7) is 1.33. The van der Waals surface area contributed by atoms with Gasteiger partial charge < -0.3 is 0 Å². The Labute approximate surface area is 93.2 Å². The lowest BCUT2D eigenvalue weighted by atomic mass is 10.1. The molecule has 1 rings (SSSR count). The molecule has 0 bridgehead atoms. The third kappa shape index (κ3) is 2.30. The Kier molecular flexibility index (Phi) is 3.48. The highest BCUT2D eigenvalue weighted by Crippen LogP contribution is 2.32. The van der Waals surface area contributed by atoms with E-state index >= 15 is 0 Å². The standard InChI is InChI=1S/C8H5ClF2N2O3/c1-3-2-4(8(10)11)6(13(15)16)5(12-3)7(9)14/h2,8H,1H3. The van der Waals surface area contributed by atoms with Crippen molar-refractivity contribution in [2.45, 2.75) is 13.3 Å². The van der Waals surface area contributed by atoms with E-state index in [4.69, 9.17) is 11.6 Å². The average molecular weight is 251 g/mol. The fraction of sp³-hybridized carbons (Fsp3) is 0.250. The van der Waals surface area contributed by atoms with Crippen LogP contribution in [0.3, 0.4) is 0 Å². The van der Waals surface area contributed by atoms with Crippen molar-refractivity contribution in [3.63, 3.8) is 0 Å². The zero-order chi connectivity index (χ0) is 12.5. The van der Waals surface area contributed by atoms with Crippen LogP contribution >= 0.6 is 11.6 Å². The Hall–Kier alpha value is -1.63. The molecule has 86 valence electrons. The van der Waals surface area contributed by atoms with Gasteiger partial charge in [-0.3, -0.25) is 14.9 Å². The first kappa shape index (κ1) is 12.4. The van der Waals surface area contributed by atoms with Gasteiger partial charge in [0.05, 0.1) is 10.5 Å². The zero-order valence-electron chi connectivity index (χ0n) is 7.91. The molecule has 1 heterocycles. The van der Waals surface area contributed by atoms with Crippen molar-refractivity contribution >= 4 is 22.5 Å². The number of aromatic nitrogens is 1. The Bertz CT molecular complexity index is 465. The average Bonchev–Trinajstić information content (AvgIpc) is 2.15. The molecule has 0 unspecified atom stereocenters. The molecule has 0 saturated heterocycles. The van der Waals surface area contributed by atoms with Crippen LogP contribution in [0.4, 0.5) is 14.5 Å². The number of nitro groups is 1. The Morgan fingerprint density at radius 3 is 2.56 bits per heavy atom. The lowest BCUT2D eigenvalue weighted by Gasteiger charge is -2.05. The summed E-state index contributed by atoms with van der Waals surface area (Å²) in [5.74, 6) is 0. The summed E-state index contributed by atoms with van der Waals surface area (Å²) in [5, 5.41) is 9.35. The third-order valence-corrected chi connectivity index (χ3v) is 1.93. The van der Waals surface area contributed by atoms with Crippen LogP contribution in [-0.4, -0.2) is 15.1 Å². The van der Waals surface area contributed by atoms with Crippen molar-refractivity contribution in [3.8, 4) is 0 Å². The first-order valence-corrected chi connectivity index (χ1v) is 4.36. The number of alkyl halides is 2. The summed E-state index contributed by atoms with van der Waals surface area (Å²) < 4.78 is 25.0. The van der Waals surface area contributed by atoms with Gasteiger partial charge in [-0.05, 0) is 24.6 Å². The van der Waals surface area contributed by atoms with Crippen LogP contribution in [0.2, 0.25) is 0 Å². The number of nitrogens with zero attached hydrogens (tertiary/aromatic N) is 2. The van der Waals surface area contributed by atoms with Gasteiger partial charge >= 0.3 is 5.69 Å². The minimum atomic E-state index is -3.07. The highest BCUT2D eigenvalue weighted by molar-refractivity contribution is 6.67. The van der Waals surface area contributed by atoms with E-state index in [1.807, 2.05) is 0 Å². The van der Waals surface area contributed by atoms with E-state index in [2.05, 4.69) is 4.98 Å². The van der Waals surface area contributed by atoms with E-state index in [1.54, 1.807) is 0 Å². The molecular weight excluding hydrogens is 246 g/mol. The number of pyridine rings is 1. The van der Waals surface area contributed by atoms with Gasteiger partial charge in [-0.1, -0.05) is 0 Å². The molecular formula is C8H5ClF2N2O3. The normalized spacial score (nSPS) is 10.6. The molecule has 0 aliphatic heterocycles. The second kappa shape index (κ2) is 4.48. The van der Waals surface area contributed by atoms with E-state index < -0.39 is 33.5 Å². The molecule has 0 fully saturated rings. The SMILES string of the molecule is Cc1cc(C(F)F)c([N+](=O)[O-])c(C(=O)Cl)n1. The first-order chi connectivity index (χ1) is 7.34. The topological polar surface area (TPSA) is 73.1 Å². The Morgan fingerprint density at radius 2 is 2.19 bits per heavy atom. The summed E-state index contributed by atoms with van der Waals surface area (Å²) in [7, 11) is 0. The monoisotopic (exact) mass is 250 g/mol. The van der Waals surface area contributed by atoms with Crippen molar-refractivity contribution < 1.29 is 18.5 Å². The summed E-state index contributed by atoms with van der Waals surface area (Å²) in [6.07, 6.45) is -3.07. The third-order valence-electron chi connectivity index (χ3n) is 1.75. The Morgan fingerprint density at radius 1 is 1.62 bits per heavy atom. The number of hydrogen-bond donors (Lipinski definition) is 0. The maximum Gasteiger partial charge on any atom is 0.308 e. The van der Waals surface area contributed by atoms with E-state index in [0.29, 0.717) is 0 Å². The fourth-order valence-corrected chi connectivity index (χ4v) is 1.32. The van der Waals surface area contributed by atoms with Crippen molar-refractivity contribution in [3.05, 3.63) is 33.1 Å². The molecule has 8 heteroatoms. The molecule has 0 aliphatic carbocycles. The van der Waals surface area contributed by atoms with Crippen LogP contribution in [0.5, 0.6) is 0 Å². The van der Waals surface area contributed by atoms with E-state index in [0.717, 1.165) is 6.07 Å². The van der Waals surface area contributed by atoms with Crippen LogP contribution in [0.25, 0.3) is 0 Å². The number of hydrogen-bond acceptors (Lipinski definition) is 4. The van der Waals surface area contributed by atoms with Crippen molar-refractivity contribution in [2.75, 3.05) is 0 Å².